The molecule has 2 aromatic rings. The third-order valence-corrected chi connectivity index (χ3v) is 3.76. The van der Waals surface area contributed by atoms with Crippen LogP contribution >= 0.6 is 0 Å². The highest BCUT2D eigenvalue weighted by atomic mass is 15.3. The van der Waals surface area contributed by atoms with Crippen LogP contribution in [0.2, 0.25) is 0 Å². The molecule has 0 spiro atoms. The Morgan fingerprint density at radius 3 is 2.94 bits per heavy atom. The monoisotopic (exact) mass is 244 g/mol. The minimum absolute atomic E-state index is 0.340. The van der Waals surface area contributed by atoms with Crippen molar-refractivity contribution < 1.29 is 0 Å². The molecular formula is C14H20N4. The average molecular weight is 244 g/mol. The summed E-state index contributed by atoms with van der Waals surface area (Å²) in [6.45, 7) is 7.44. The molecule has 2 aromatic heterocycles. The van der Waals surface area contributed by atoms with Crippen LogP contribution in [0.5, 0.6) is 0 Å². The van der Waals surface area contributed by atoms with Crippen LogP contribution in [-0.4, -0.2) is 21.1 Å². The van der Waals surface area contributed by atoms with Crippen molar-refractivity contribution in [2.24, 2.45) is 5.92 Å². The lowest BCUT2D eigenvalue weighted by atomic mass is 10.1. The molecule has 1 aliphatic rings. The zero-order chi connectivity index (χ0) is 12.7. The number of fused-ring (bicyclic) bond motifs is 1. The first-order valence-electron chi connectivity index (χ1n) is 6.70. The number of hydrogen-bond donors (Lipinski definition) is 1. The van der Waals surface area contributed by atoms with Crippen LogP contribution < -0.4 is 5.32 Å². The van der Waals surface area contributed by atoms with E-state index in [0.29, 0.717) is 6.04 Å². The molecule has 1 unspecified atom stereocenters. The molecule has 0 radical (unpaired) electrons. The topological polar surface area (TPSA) is 42.2 Å². The molecule has 0 aliphatic heterocycles. The number of nitrogens with zero attached hydrogens (tertiary/aromatic N) is 3. The third-order valence-electron chi connectivity index (χ3n) is 3.76. The Kier molecular flexibility index (Phi) is 2.82. The van der Waals surface area contributed by atoms with Crippen molar-refractivity contribution in [2.45, 2.75) is 39.7 Å². The summed E-state index contributed by atoms with van der Waals surface area (Å²) in [5.74, 6) is 0.899. The minimum atomic E-state index is 0.340. The average Bonchev–Trinajstić information content (AvgIpc) is 3.08. The molecule has 0 bridgehead atoms. The molecule has 4 nitrogen and oxygen atoms in total. The van der Waals surface area contributed by atoms with E-state index in [2.05, 4.69) is 29.2 Å². The van der Waals surface area contributed by atoms with Gasteiger partial charge in [-0.05, 0) is 46.1 Å². The van der Waals surface area contributed by atoms with Gasteiger partial charge in [0.25, 0.3) is 0 Å². The van der Waals surface area contributed by atoms with Crippen LogP contribution in [0.1, 0.15) is 42.8 Å². The molecule has 96 valence electrons. The fraction of sp³-hybridized carbons (Fsp3) is 0.571. The molecular weight excluding hydrogens is 224 g/mol. The second-order valence-electron chi connectivity index (χ2n) is 5.43. The van der Waals surface area contributed by atoms with E-state index >= 15 is 0 Å². The molecule has 0 saturated heterocycles. The lowest BCUT2D eigenvalue weighted by Crippen LogP contribution is -2.22. The Bertz CT molecular complexity index is 568. The predicted molar refractivity (Wildman–Crippen MR) is 71.6 cm³/mol. The number of rotatable bonds is 4. The van der Waals surface area contributed by atoms with E-state index in [1.807, 2.05) is 23.7 Å². The fourth-order valence-electron chi connectivity index (χ4n) is 2.38. The summed E-state index contributed by atoms with van der Waals surface area (Å²) < 4.78 is 1.94. The van der Waals surface area contributed by atoms with Crippen molar-refractivity contribution in [3.63, 3.8) is 0 Å². The molecule has 0 aromatic carbocycles. The Hall–Kier alpha value is -1.42. The summed E-state index contributed by atoms with van der Waals surface area (Å²) in [6, 6.07) is 2.35. The lowest BCUT2D eigenvalue weighted by molar-refractivity contribution is 0.541. The largest absolute Gasteiger partial charge is 0.310 e. The highest BCUT2D eigenvalue weighted by Gasteiger charge is 2.22. The predicted octanol–water partition coefficient (Wildman–Crippen LogP) is 2.41. The molecule has 1 aliphatic carbocycles. The van der Waals surface area contributed by atoms with Crippen molar-refractivity contribution in [2.75, 3.05) is 6.54 Å². The first kappa shape index (κ1) is 11.7. The van der Waals surface area contributed by atoms with Gasteiger partial charge in [-0.2, -0.15) is 5.10 Å². The van der Waals surface area contributed by atoms with E-state index in [0.717, 1.165) is 23.8 Å². The molecule has 4 heteroatoms. The number of hydrogen-bond acceptors (Lipinski definition) is 3. The van der Waals surface area contributed by atoms with Gasteiger partial charge in [-0.3, -0.25) is 0 Å². The molecule has 1 atom stereocenters. The van der Waals surface area contributed by atoms with E-state index in [1.165, 1.54) is 24.1 Å². The first-order valence-corrected chi connectivity index (χ1v) is 6.70. The third kappa shape index (κ3) is 2.12. The number of nitrogens with one attached hydrogen (secondary N) is 1. The number of aromatic nitrogens is 3. The zero-order valence-electron chi connectivity index (χ0n) is 11.3. The van der Waals surface area contributed by atoms with Gasteiger partial charge < -0.3 is 5.32 Å². The van der Waals surface area contributed by atoms with Crippen molar-refractivity contribution >= 4 is 5.65 Å². The van der Waals surface area contributed by atoms with Crippen LogP contribution in [0.25, 0.3) is 5.65 Å². The van der Waals surface area contributed by atoms with E-state index < -0.39 is 0 Å². The van der Waals surface area contributed by atoms with Gasteiger partial charge in [-0.15, -0.1) is 0 Å². The molecule has 18 heavy (non-hydrogen) atoms. The molecule has 3 rings (SSSR count). The molecule has 1 N–H and O–H groups in total. The smallest absolute Gasteiger partial charge is 0.155 e. The van der Waals surface area contributed by atoms with Crippen LogP contribution in [0.4, 0.5) is 0 Å². The standard InChI is InChI=1S/C14H20N4/c1-9-6-14-16-8-13(11(3)18(14)17-9)10(2)15-7-12-4-5-12/h6,8,10,12,15H,4-5,7H2,1-3H3. The normalized spacial score (nSPS) is 17.3. The van der Waals surface area contributed by atoms with Crippen LogP contribution in [0.15, 0.2) is 12.3 Å². The SMILES string of the molecule is Cc1cc2ncc(C(C)NCC3CC3)c(C)n2n1. The van der Waals surface area contributed by atoms with Gasteiger partial charge in [0.15, 0.2) is 5.65 Å². The Morgan fingerprint density at radius 2 is 2.22 bits per heavy atom. The summed E-state index contributed by atoms with van der Waals surface area (Å²) in [4.78, 5) is 4.49. The van der Waals surface area contributed by atoms with E-state index in [9.17, 15) is 0 Å². The molecule has 0 amide bonds. The van der Waals surface area contributed by atoms with Gasteiger partial charge in [0.2, 0.25) is 0 Å². The fourth-order valence-corrected chi connectivity index (χ4v) is 2.38. The molecule has 1 saturated carbocycles. The second-order valence-corrected chi connectivity index (χ2v) is 5.43. The lowest BCUT2D eigenvalue weighted by Gasteiger charge is -2.16. The zero-order valence-corrected chi connectivity index (χ0v) is 11.3. The Balaban J connectivity index is 1.87. The highest BCUT2D eigenvalue weighted by Crippen LogP contribution is 2.28. The van der Waals surface area contributed by atoms with Gasteiger partial charge >= 0.3 is 0 Å². The van der Waals surface area contributed by atoms with Gasteiger partial charge in [0.05, 0.1) is 5.69 Å². The van der Waals surface area contributed by atoms with Gasteiger partial charge in [0, 0.05) is 29.6 Å². The maximum absolute atomic E-state index is 4.49. The number of aryl methyl sites for hydroxylation is 2. The van der Waals surface area contributed by atoms with Crippen LogP contribution in [0.3, 0.4) is 0 Å². The maximum atomic E-state index is 4.49. The maximum Gasteiger partial charge on any atom is 0.155 e. The van der Waals surface area contributed by atoms with E-state index in [-0.39, 0.29) is 0 Å². The van der Waals surface area contributed by atoms with Gasteiger partial charge in [-0.1, -0.05) is 0 Å². The second kappa shape index (κ2) is 4.35. The minimum Gasteiger partial charge on any atom is -0.310 e. The van der Waals surface area contributed by atoms with Gasteiger partial charge in [-0.25, -0.2) is 9.50 Å². The summed E-state index contributed by atoms with van der Waals surface area (Å²) in [5, 5.41) is 8.08. The molecule has 2 heterocycles. The summed E-state index contributed by atoms with van der Waals surface area (Å²) >= 11 is 0. The summed E-state index contributed by atoms with van der Waals surface area (Å²) in [5.41, 5.74) is 4.37. The van der Waals surface area contributed by atoms with E-state index in [1.54, 1.807) is 0 Å². The summed E-state index contributed by atoms with van der Waals surface area (Å²) in [6.07, 6.45) is 4.75. The van der Waals surface area contributed by atoms with Crippen molar-refractivity contribution in [3.05, 3.63) is 29.2 Å². The first-order chi connectivity index (χ1) is 8.65. The van der Waals surface area contributed by atoms with Gasteiger partial charge in [0.1, 0.15) is 0 Å². The van der Waals surface area contributed by atoms with Crippen LogP contribution in [-0.2, 0) is 0 Å². The Morgan fingerprint density at radius 1 is 1.44 bits per heavy atom. The summed E-state index contributed by atoms with van der Waals surface area (Å²) in [7, 11) is 0. The molecule has 1 fully saturated rings. The van der Waals surface area contributed by atoms with Crippen LogP contribution in [0, 0.1) is 19.8 Å². The van der Waals surface area contributed by atoms with Crippen molar-refractivity contribution in [3.8, 4) is 0 Å². The Labute approximate surface area is 107 Å². The van der Waals surface area contributed by atoms with Crippen molar-refractivity contribution in [1.29, 1.82) is 0 Å². The van der Waals surface area contributed by atoms with E-state index in [4.69, 9.17) is 0 Å². The van der Waals surface area contributed by atoms with Crippen molar-refractivity contribution in [1.82, 2.24) is 19.9 Å². The highest BCUT2D eigenvalue weighted by molar-refractivity contribution is 5.42. The quantitative estimate of drug-likeness (QED) is 0.898.